The highest BCUT2D eigenvalue weighted by atomic mass is 35.5. The van der Waals surface area contributed by atoms with Crippen LogP contribution in [0.25, 0.3) is 0 Å². The summed E-state index contributed by atoms with van der Waals surface area (Å²) in [6, 6.07) is 5.98. The monoisotopic (exact) mass is 450 g/mol. The molecule has 0 aromatic carbocycles. The molecule has 0 atom stereocenters. The van der Waals surface area contributed by atoms with Gasteiger partial charge in [0.05, 0.1) is 29.8 Å². The maximum atomic E-state index is 13.0. The van der Waals surface area contributed by atoms with E-state index in [1.807, 2.05) is 32.9 Å². The van der Waals surface area contributed by atoms with E-state index < -0.39 is 5.41 Å². The lowest BCUT2D eigenvalue weighted by Gasteiger charge is -2.36. The Labute approximate surface area is 187 Å². The van der Waals surface area contributed by atoms with Crippen molar-refractivity contribution in [3.63, 3.8) is 0 Å². The standard InChI is InChI=1S/C22H31ClN4O2S/c1-22(2,3)21(28)27-20(24-11-17-4-5-19(23)30-17)10-18(25-27)16-6-8-26(9-7-16)12-15-13-29-14-15/h4-5,10,15-16,24H,6-9,11-14H2,1-3H3. The molecule has 8 heteroatoms. The van der Waals surface area contributed by atoms with Gasteiger partial charge in [-0.2, -0.15) is 9.78 Å². The van der Waals surface area contributed by atoms with E-state index in [0.29, 0.717) is 18.4 Å². The second-order valence-electron chi connectivity index (χ2n) is 9.46. The van der Waals surface area contributed by atoms with Gasteiger partial charge in [-0.15, -0.1) is 11.3 Å². The summed E-state index contributed by atoms with van der Waals surface area (Å²) >= 11 is 7.60. The van der Waals surface area contributed by atoms with E-state index >= 15 is 0 Å². The maximum absolute atomic E-state index is 13.0. The number of hydrogen-bond acceptors (Lipinski definition) is 6. The number of ether oxygens (including phenoxy) is 1. The lowest BCUT2D eigenvalue weighted by Crippen LogP contribution is -2.42. The molecule has 4 heterocycles. The fourth-order valence-electron chi connectivity index (χ4n) is 3.99. The van der Waals surface area contributed by atoms with Gasteiger partial charge in [0.2, 0.25) is 0 Å². The number of carbonyl (C=O) groups is 1. The number of halogens is 1. The molecule has 2 saturated heterocycles. The van der Waals surface area contributed by atoms with Crippen molar-refractivity contribution in [3.05, 3.63) is 33.1 Å². The van der Waals surface area contributed by atoms with Crippen LogP contribution in [-0.2, 0) is 11.3 Å². The van der Waals surface area contributed by atoms with Crippen LogP contribution < -0.4 is 5.32 Å². The Morgan fingerprint density at radius 1 is 1.30 bits per heavy atom. The molecule has 30 heavy (non-hydrogen) atoms. The summed E-state index contributed by atoms with van der Waals surface area (Å²) < 4.78 is 7.65. The smallest absolute Gasteiger partial charge is 0.254 e. The van der Waals surface area contributed by atoms with Crippen LogP contribution in [-0.4, -0.2) is 53.4 Å². The van der Waals surface area contributed by atoms with Gasteiger partial charge in [0.15, 0.2) is 0 Å². The molecule has 2 fully saturated rings. The minimum atomic E-state index is -0.500. The molecule has 6 nitrogen and oxygen atoms in total. The van der Waals surface area contributed by atoms with E-state index in [1.165, 1.54) is 0 Å². The molecule has 0 spiro atoms. The van der Waals surface area contributed by atoms with Crippen LogP contribution in [0.4, 0.5) is 5.82 Å². The Morgan fingerprint density at radius 3 is 2.60 bits per heavy atom. The molecule has 0 bridgehead atoms. The first-order chi connectivity index (χ1) is 14.3. The summed E-state index contributed by atoms with van der Waals surface area (Å²) in [4.78, 5) is 16.7. The van der Waals surface area contributed by atoms with Crippen molar-refractivity contribution in [2.24, 2.45) is 11.3 Å². The van der Waals surface area contributed by atoms with E-state index in [0.717, 1.165) is 66.4 Å². The number of nitrogens with one attached hydrogen (secondary N) is 1. The molecule has 164 valence electrons. The van der Waals surface area contributed by atoms with Crippen molar-refractivity contribution >= 4 is 34.7 Å². The van der Waals surface area contributed by atoms with Crippen molar-refractivity contribution < 1.29 is 9.53 Å². The van der Waals surface area contributed by atoms with Crippen molar-refractivity contribution in [1.82, 2.24) is 14.7 Å². The fraction of sp³-hybridized carbons (Fsp3) is 0.636. The van der Waals surface area contributed by atoms with Crippen LogP contribution in [0, 0.1) is 11.3 Å². The van der Waals surface area contributed by atoms with Gasteiger partial charge in [0.25, 0.3) is 5.91 Å². The van der Waals surface area contributed by atoms with E-state index in [4.69, 9.17) is 21.4 Å². The number of carbonyl (C=O) groups excluding carboxylic acids is 1. The first kappa shape index (κ1) is 21.8. The largest absolute Gasteiger partial charge is 0.381 e. The normalized spacial score (nSPS) is 19.1. The number of piperidine rings is 1. The van der Waals surface area contributed by atoms with Gasteiger partial charge < -0.3 is 15.0 Å². The predicted molar refractivity (Wildman–Crippen MR) is 122 cm³/mol. The van der Waals surface area contributed by atoms with Crippen molar-refractivity contribution in [1.29, 1.82) is 0 Å². The molecule has 0 saturated carbocycles. The van der Waals surface area contributed by atoms with Crippen LogP contribution in [0.3, 0.4) is 0 Å². The number of likely N-dealkylation sites (tertiary alicyclic amines) is 1. The molecule has 0 amide bonds. The minimum absolute atomic E-state index is 0.00267. The summed E-state index contributed by atoms with van der Waals surface area (Å²) in [5.74, 6) is 1.86. The zero-order valence-corrected chi connectivity index (χ0v) is 19.6. The lowest BCUT2D eigenvalue weighted by atomic mass is 9.93. The van der Waals surface area contributed by atoms with Gasteiger partial charge in [0.1, 0.15) is 5.82 Å². The minimum Gasteiger partial charge on any atom is -0.381 e. The Morgan fingerprint density at radius 2 is 2.03 bits per heavy atom. The highest BCUT2D eigenvalue weighted by molar-refractivity contribution is 7.16. The number of hydrogen-bond donors (Lipinski definition) is 1. The number of thiophene rings is 1. The predicted octanol–water partition coefficient (Wildman–Crippen LogP) is 4.72. The zero-order chi connectivity index (χ0) is 21.3. The van der Waals surface area contributed by atoms with Gasteiger partial charge >= 0.3 is 0 Å². The SMILES string of the molecule is CC(C)(C)C(=O)n1nc(C2CCN(CC3COC3)CC2)cc1NCc1ccc(Cl)s1. The Kier molecular flexibility index (Phi) is 6.53. The summed E-state index contributed by atoms with van der Waals surface area (Å²) in [7, 11) is 0. The number of rotatable bonds is 6. The van der Waals surface area contributed by atoms with Crippen LogP contribution in [0.5, 0.6) is 0 Å². The Bertz CT molecular complexity index is 876. The molecule has 2 aromatic rings. The van der Waals surface area contributed by atoms with Gasteiger partial charge in [-0.1, -0.05) is 32.4 Å². The molecule has 2 aromatic heterocycles. The third-order valence-electron chi connectivity index (χ3n) is 5.86. The van der Waals surface area contributed by atoms with Crippen LogP contribution in [0.1, 0.15) is 54.9 Å². The van der Waals surface area contributed by atoms with Gasteiger partial charge in [-0.05, 0) is 38.1 Å². The van der Waals surface area contributed by atoms with Crippen LogP contribution >= 0.6 is 22.9 Å². The summed E-state index contributed by atoms with van der Waals surface area (Å²) in [6.07, 6.45) is 2.16. The molecule has 0 aliphatic carbocycles. The van der Waals surface area contributed by atoms with Gasteiger partial charge in [-0.25, -0.2) is 0 Å². The summed E-state index contributed by atoms with van der Waals surface area (Å²) in [5.41, 5.74) is 0.520. The van der Waals surface area contributed by atoms with Gasteiger partial charge in [-0.3, -0.25) is 4.79 Å². The van der Waals surface area contributed by atoms with Crippen LogP contribution in [0.15, 0.2) is 18.2 Å². The van der Waals surface area contributed by atoms with E-state index in [9.17, 15) is 4.79 Å². The molecular formula is C22H31ClN4O2S. The van der Waals surface area contributed by atoms with Gasteiger partial charge in [0, 0.05) is 34.7 Å². The van der Waals surface area contributed by atoms with E-state index in [2.05, 4.69) is 16.3 Å². The average Bonchev–Trinajstić information content (AvgIpc) is 3.28. The number of aromatic nitrogens is 2. The second-order valence-corrected chi connectivity index (χ2v) is 11.3. The molecule has 2 aliphatic heterocycles. The fourth-order valence-corrected chi connectivity index (χ4v) is 5.02. The quantitative estimate of drug-likeness (QED) is 0.689. The molecular weight excluding hydrogens is 420 g/mol. The molecule has 1 N–H and O–H groups in total. The van der Waals surface area contributed by atoms with Crippen molar-refractivity contribution in [2.45, 2.75) is 46.1 Å². The highest BCUT2D eigenvalue weighted by Gasteiger charge is 2.30. The maximum Gasteiger partial charge on any atom is 0.254 e. The second kappa shape index (κ2) is 8.99. The lowest BCUT2D eigenvalue weighted by molar-refractivity contribution is -0.0487. The zero-order valence-electron chi connectivity index (χ0n) is 18.0. The van der Waals surface area contributed by atoms with E-state index in [1.54, 1.807) is 16.0 Å². The average molecular weight is 451 g/mol. The molecule has 4 rings (SSSR count). The van der Waals surface area contributed by atoms with Crippen molar-refractivity contribution in [2.75, 3.05) is 38.2 Å². The van der Waals surface area contributed by atoms with E-state index in [-0.39, 0.29) is 5.91 Å². The Balaban J connectivity index is 1.46. The first-order valence-corrected chi connectivity index (χ1v) is 11.9. The van der Waals surface area contributed by atoms with Crippen LogP contribution in [0.2, 0.25) is 4.34 Å². The van der Waals surface area contributed by atoms with Crippen molar-refractivity contribution in [3.8, 4) is 0 Å². The topological polar surface area (TPSA) is 59.4 Å². The Hall–Kier alpha value is -1.41. The third-order valence-corrected chi connectivity index (χ3v) is 7.10. The number of anilines is 1. The molecule has 2 aliphatic rings. The summed E-state index contributed by atoms with van der Waals surface area (Å²) in [6.45, 7) is 11.5. The first-order valence-electron chi connectivity index (χ1n) is 10.7. The number of nitrogens with zero attached hydrogens (tertiary/aromatic N) is 3. The highest BCUT2D eigenvalue weighted by Crippen LogP contribution is 2.31. The molecule has 0 radical (unpaired) electrons. The third kappa shape index (κ3) is 5.07. The summed E-state index contributed by atoms with van der Waals surface area (Å²) in [5, 5.41) is 8.19. The molecule has 0 unspecified atom stereocenters.